The van der Waals surface area contributed by atoms with Gasteiger partial charge in [0.2, 0.25) is 0 Å². The van der Waals surface area contributed by atoms with Gasteiger partial charge in [0, 0.05) is 17.3 Å². The summed E-state index contributed by atoms with van der Waals surface area (Å²) in [6, 6.07) is 0.555. The molecule has 0 spiro atoms. The first kappa shape index (κ1) is 11.7. The second-order valence-corrected chi connectivity index (χ2v) is 5.30. The number of hydrogen-bond donors (Lipinski definition) is 1. The van der Waals surface area contributed by atoms with Crippen LogP contribution in [0.25, 0.3) is 0 Å². The molecule has 0 fully saturated rings. The second kappa shape index (κ2) is 4.89. The molecule has 2 unspecified atom stereocenters. The summed E-state index contributed by atoms with van der Waals surface area (Å²) < 4.78 is 0. The number of hydrogen-bond acceptors (Lipinski definition) is 3. The van der Waals surface area contributed by atoms with Crippen molar-refractivity contribution in [1.82, 2.24) is 10.3 Å². The minimum Gasteiger partial charge on any atom is -0.317 e. The van der Waals surface area contributed by atoms with E-state index in [1.165, 1.54) is 15.6 Å². The van der Waals surface area contributed by atoms with Gasteiger partial charge in [-0.25, -0.2) is 4.98 Å². The van der Waals surface area contributed by atoms with Crippen LogP contribution in [0.1, 0.15) is 29.4 Å². The Hall–Kier alpha value is -0.410. The summed E-state index contributed by atoms with van der Waals surface area (Å²) in [5.74, 6) is 0.643. The smallest absolute Gasteiger partial charge is 0.0934 e. The summed E-state index contributed by atoms with van der Waals surface area (Å²) in [5.41, 5.74) is 1.19. The molecular formula is C11H20N2S. The molecule has 1 aromatic heterocycles. The fraction of sp³-hybridized carbons (Fsp3) is 0.727. The number of rotatable bonds is 4. The Morgan fingerprint density at radius 1 is 1.36 bits per heavy atom. The zero-order valence-corrected chi connectivity index (χ0v) is 10.5. The van der Waals surface area contributed by atoms with Crippen LogP contribution in [0.2, 0.25) is 0 Å². The second-order valence-electron chi connectivity index (χ2n) is 4.01. The van der Waals surface area contributed by atoms with E-state index in [0.29, 0.717) is 12.0 Å². The third kappa shape index (κ3) is 2.79. The zero-order chi connectivity index (χ0) is 10.7. The van der Waals surface area contributed by atoms with Crippen molar-refractivity contribution in [3.63, 3.8) is 0 Å². The summed E-state index contributed by atoms with van der Waals surface area (Å²) in [7, 11) is 2.01. The highest BCUT2D eigenvalue weighted by Crippen LogP contribution is 2.20. The van der Waals surface area contributed by atoms with E-state index in [9.17, 15) is 0 Å². The molecule has 0 radical (unpaired) electrons. The quantitative estimate of drug-likeness (QED) is 0.829. The number of aryl methyl sites for hydroxylation is 2. The predicted molar refractivity (Wildman–Crippen MR) is 63.0 cm³/mol. The van der Waals surface area contributed by atoms with Gasteiger partial charge in [-0.05, 0) is 33.7 Å². The van der Waals surface area contributed by atoms with Gasteiger partial charge in [-0.1, -0.05) is 6.92 Å². The highest BCUT2D eigenvalue weighted by atomic mass is 32.1. The predicted octanol–water partition coefficient (Wildman–Crippen LogP) is 2.55. The number of nitrogens with zero attached hydrogens (tertiary/aromatic N) is 1. The van der Waals surface area contributed by atoms with Gasteiger partial charge in [-0.15, -0.1) is 11.3 Å². The van der Waals surface area contributed by atoms with E-state index in [1.807, 2.05) is 18.4 Å². The van der Waals surface area contributed by atoms with E-state index < -0.39 is 0 Å². The third-order valence-corrected chi connectivity index (χ3v) is 3.97. The van der Waals surface area contributed by atoms with Gasteiger partial charge in [-0.3, -0.25) is 0 Å². The molecule has 0 aliphatic carbocycles. The molecule has 0 saturated carbocycles. The topological polar surface area (TPSA) is 24.9 Å². The van der Waals surface area contributed by atoms with Crippen molar-refractivity contribution in [3.05, 3.63) is 15.6 Å². The Morgan fingerprint density at radius 2 is 2.00 bits per heavy atom. The molecule has 1 N–H and O–H groups in total. The first-order valence-electron chi connectivity index (χ1n) is 5.14. The van der Waals surface area contributed by atoms with E-state index in [4.69, 9.17) is 0 Å². The standard InChI is InChI=1S/C11H20N2S/c1-7(8(2)12-5)6-11-13-9(3)10(4)14-11/h7-8,12H,6H2,1-5H3. The minimum atomic E-state index is 0.555. The molecule has 14 heavy (non-hydrogen) atoms. The van der Waals surface area contributed by atoms with Gasteiger partial charge < -0.3 is 5.32 Å². The number of aromatic nitrogens is 1. The molecular weight excluding hydrogens is 192 g/mol. The van der Waals surface area contributed by atoms with Gasteiger partial charge in [0.1, 0.15) is 0 Å². The van der Waals surface area contributed by atoms with E-state index in [-0.39, 0.29) is 0 Å². The summed E-state index contributed by atoms with van der Waals surface area (Å²) in [4.78, 5) is 5.91. The van der Waals surface area contributed by atoms with Gasteiger partial charge >= 0.3 is 0 Å². The molecule has 0 saturated heterocycles. The van der Waals surface area contributed by atoms with Crippen molar-refractivity contribution >= 4 is 11.3 Å². The fourth-order valence-corrected chi connectivity index (χ4v) is 2.44. The lowest BCUT2D eigenvalue weighted by Crippen LogP contribution is -2.29. The van der Waals surface area contributed by atoms with Crippen LogP contribution in [-0.2, 0) is 6.42 Å². The summed E-state index contributed by atoms with van der Waals surface area (Å²) in [6.45, 7) is 8.72. The Balaban J connectivity index is 2.60. The maximum absolute atomic E-state index is 4.56. The normalized spacial score (nSPS) is 15.5. The molecule has 2 nitrogen and oxygen atoms in total. The lowest BCUT2D eigenvalue weighted by Gasteiger charge is -2.17. The van der Waals surface area contributed by atoms with Crippen molar-refractivity contribution in [3.8, 4) is 0 Å². The van der Waals surface area contributed by atoms with Crippen molar-refractivity contribution in [2.24, 2.45) is 5.92 Å². The monoisotopic (exact) mass is 212 g/mol. The van der Waals surface area contributed by atoms with E-state index in [1.54, 1.807) is 0 Å². The Labute approximate surface area is 90.8 Å². The maximum atomic E-state index is 4.56. The van der Waals surface area contributed by atoms with Crippen LogP contribution < -0.4 is 5.32 Å². The van der Waals surface area contributed by atoms with E-state index >= 15 is 0 Å². The fourth-order valence-electron chi connectivity index (χ4n) is 1.36. The Bertz CT molecular complexity index is 274. The van der Waals surface area contributed by atoms with E-state index in [2.05, 4.69) is 38.0 Å². The molecule has 1 aromatic rings. The summed E-state index contributed by atoms with van der Waals surface area (Å²) in [6.07, 6.45) is 1.08. The van der Waals surface area contributed by atoms with Crippen LogP contribution >= 0.6 is 11.3 Å². The molecule has 80 valence electrons. The number of thiazole rings is 1. The maximum Gasteiger partial charge on any atom is 0.0934 e. The van der Waals surface area contributed by atoms with Gasteiger partial charge in [0.05, 0.1) is 10.7 Å². The van der Waals surface area contributed by atoms with Crippen molar-refractivity contribution in [1.29, 1.82) is 0 Å². The van der Waals surface area contributed by atoms with E-state index in [0.717, 1.165) is 6.42 Å². The van der Waals surface area contributed by atoms with Crippen molar-refractivity contribution in [2.75, 3.05) is 7.05 Å². The highest BCUT2D eigenvalue weighted by molar-refractivity contribution is 7.11. The van der Waals surface area contributed by atoms with Crippen molar-refractivity contribution in [2.45, 2.75) is 40.2 Å². The van der Waals surface area contributed by atoms with Gasteiger partial charge in [0.15, 0.2) is 0 Å². The molecule has 3 heteroatoms. The average molecular weight is 212 g/mol. The van der Waals surface area contributed by atoms with Gasteiger partial charge in [-0.2, -0.15) is 0 Å². The van der Waals surface area contributed by atoms with Crippen LogP contribution in [0.4, 0.5) is 0 Å². The third-order valence-electron chi connectivity index (χ3n) is 2.88. The molecule has 0 amide bonds. The Kier molecular flexibility index (Phi) is 4.08. The average Bonchev–Trinajstić information content (AvgIpc) is 2.44. The van der Waals surface area contributed by atoms with Crippen molar-refractivity contribution < 1.29 is 0 Å². The lowest BCUT2D eigenvalue weighted by molar-refractivity contribution is 0.423. The summed E-state index contributed by atoms with van der Waals surface area (Å²) >= 11 is 1.83. The molecule has 2 atom stereocenters. The molecule has 0 aliphatic heterocycles. The molecule has 0 bridgehead atoms. The lowest BCUT2D eigenvalue weighted by atomic mass is 10.0. The molecule has 1 rings (SSSR count). The van der Waals surface area contributed by atoms with Crippen LogP contribution in [0, 0.1) is 19.8 Å². The first-order valence-corrected chi connectivity index (χ1v) is 5.96. The largest absolute Gasteiger partial charge is 0.317 e. The molecule has 0 aromatic carbocycles. The van der Waals surface area contributed by atoms with Crippen LogP contribution in [0.5, 0.6) is 0 Å². The molecule has 1 heterocycles. The summed E-state index contributed by atoms with van der Waals surface area (Å²) in [5, 5.41) is 4.56. The highest BCUT2D eigenvalue weighted by Gasteiger charge is 2.13. The SMILES string of the molecule is CNC(C)C(C)Cc1nc(C)c(C)s1. The minimum absolute atomic E-state index is 0.555. The Morgan fingerprint density at radius 3 is 2.43 bits per heavy atom. The number of nitrogens with one attached hydrogen (secondary N) is 1. The van der Waals surface area contributed by atoms with Gasteiger partial charge in [0.25, 0.3) is 0 Å². The van der Waals surface area contributed by atoms with Crippen LogP contribution in [0.3, 0.4) is 0 Å². The molecule has 0 aliphatic rings. The zero-order valence-electron chi connectivity index (χ0n) is 9.72. The van der Waals surface area contributed by atoms with Crippen LogP contribution in [-0.4, -0.2) is 18.1 Å². The first-order chi connectivity index (χ1) is 6.54. The van der Waals surface area contributed by atoms with Crippen LogP contribution in [0.15, 0.2) is 0 Å².